The fourth-order valence-electron chi connectivity index (χ4n) is 6.06. The predicted octanol–water partition coefficient (Wildman–Crippen LogP) is 9.61. The molecule has 0 aliphatic heterocycles. The summed E-state index contributed by atoms with van der Waals surface area (Å²) in [6.45, 7) is 8.87. The average molecular weight is 475 g/mol. The maximum atomic E-state index is 4.51. The zero-order valence-electron chi connectivity index (χ0n) is 21.0. The normalized spacial score (nSPS) is 15.5. The molecule has 0 heterocycles. The van der Waals surface area contributed by atoms with Crippen LogP contribution in [0.15, 0.2) is 163 Å². The molecule has 0 heteroatoms. The van der Waals surface area contributed by atoms with Gasteiger partial charge >= 0.3 is 0 Å². The van der Waals surface area contributed by atoms with E-state index in [-0.39, 0.29) is 0 Å². The number of hydrogen-bond acceptors (Lipinski definition) is 0. The molecule has 4 aromatic rings. The van der Waals surface area contributed by atoms with E-state index in [1.165, 1.54) is 44.5 Å². The van der Waals surface area contributed by atoms with Gasteiger partial charge in [-0.3, -0.25) is 0 Å². The van der Waals surface area contributed by atoms with Crippen LogP contribution in [0.3, 0.4) is 0 Å². The van der Waals surface area contributed by atoms with Gasteiger partial charge in [-0.2, -0.15) is 0 Å². The molecule has 0 N–H and O–H groups in total. The van der Waals surface area contributed by atoms with Crippen molar-refractivity contribution in [3.63, 3.8) is 0 Å². The van der Waals surface area contributed by atoms with Gasteiger partial charge in [-0.25, -0.2) is 0 Å². The van der Waals surface area contributed by atoms with E-state index in [2.05, 4.69) is 141 Å². The minimum atomic E-state index is -0.492. The number of rotatable bonds is 6. The molecular weight excluding hydrogens is 444 g/mol. The van der Waals surface area contributed by atoms with Crippen LogP contribution in [0.2, 0.25) is 0 Å². The Hall–Kier alpha value is -4.42. The zero-order chi connectivity index (χ0) is 25.2. The molecule has 0 spiro atoms. The first-order valence-electron chi connectivity index (χ1n) is 13.0. The fourth-order valence-corrected chi connectivity index (χ4v) is 6.06. The lowest BCUT2D eigenvalue weighted by molar-refractivity contribution is 0.766. The Morgan fingerprint density at radius 2 is 1.38 bits per heavy atom. The number of allylic oxidation sites excluding steroid dienone is 8. The summed E-state index contributed by atoms with van der Waals surface area (Å²) >= 11 is 0. The highest BCUT2D eigenvalue weighted by molar-refractivity contribution is 5.87. The zero-order valence-corrected chi connectivity index (χ0v) is 21.0. The Labute approximate surface area is 220 Å². The molecule has 0 saturated heterocycles. The largest absolute Gasteiger partial charge is 0.0987 e. The molecular formula is C37H30. The molecule has 0 radical (unpaired) electrons. The molecule has 0 unspecified atom stereocenters. The second-order valence-corrected chi connectivity index (χ2v) is 9.78. The van der Waals surface area contributed by atoms with Crippen molar-refractivity contribution in [2.45, 2.75) is 18.3 Å². The molecule has 0 bridgehead atoms. The monoisotopic (exact) mass is 474 g/mol. The van der Waals surface area contributed by atoms with Crippen LogP contribution in [0, 0.1) is 0 Å². The number of benzene rings is 4. The van der Waals surface area contributed by atoms with Gasteiger partial charge in [0.15, 0.2) is 0 Å². The summed E-state index contributed by atoms with van der Waals surface area (Å²) in [6.07, 6.45) is 12.9. The summed E-state index contributed by atoms with van der Waals surface area (Å²) in [7, 11) is 0. The Morgan fingerprint density at radius 1 is 0.730 bits per heavy atom. The van der Waals surface area contributed by atoms with E-state index in [0.29, 0.717) is 0 Å². The molecule has 178 valence electrons. The maximum absolute atomic E-state index is 4.51. The molecule has 0 fully saturated rings. The standard InChI is InChI=1S/C37H30/c1-3-31(25-27(2)28-15-6-4-7-16-28)37(32-20-14-19-30(26-32)29-17-8-5-9-18-29)35-23-12-10-21-33(35)34-22-11-13-24-36(34)37/h3-6,8-15,17-26H,1-2,7,16H2/b31-25+. The first kappa shape index (κ1) is 23.0. The Bertz CT molecular complexity index is 1540. The van der Waals surface area contributed by atoms with E-state index in [0.717, 1.165) is 24.0 Å². The minimum Gasteiger partial charge on any atom is -0.0987 e. The first-order valence-corrected chi connectivity index (χ1v) is 13.0. The fraction of sp³-hybridized carbons (Fsp3) is 0.0811. The SMILES string of the molecule is C=C/C(=C\C(=C)C1=CC=CCC1)C1(c2cccc(-c3ccccc3)c2)c2ccccc2-c2ccccc21. The van der Waals surface area contributed by atoms with Crippen LogP contribution in [-0.4, -0.2) is 0 Å². The number of fused-ring (bicyclic) bond motifs is 3. The molecule has 4 aromatic carbocycles. The van der Waals surface area contributed by atoms with E-state index < -0.39 is 5.41 Å². The summed E-state index contributed by atoms with van der Waals surface area (Å²) < 4.78 is 0. The molecule has 2 aliphatic carbocycles. The molecule has 6 rings (SSSR count). The Morgan fingerprint density at radius 3 is 2.03 bits per heavy atom. The Balaban J connectivity index is 1.66. The van der Waals surface area contributed by atoms with Crippen molar-refractivity contribution in [2.24, 2.45) is 0 Å². The van der Waals surface area contributed by atoms with Crippen LogP contribution in [0.25, 0.3) is 22.3 Å². The van der Waals surface area contributed by atoms with Gasteiger partial charge in [-0.05, 0) is 74.6 Å². The molecule has 0 nitrogen and oxygen atoms in total. The molecule has 0 atom stereocenters. The summed E-state index contributed by atoms with van der Waals surface area (Å²) in [4.78, 5) is 0. The lowest BCUT2D eigenvalue weighted by atomic mass is 9.66. The van der Waals surface area contributed by atoms with Crippen LogP contribution in [-0.2, 0) is 5.41 Å². The van der Waals surface area contributed by atoms with Crippen molar-refractivity contribution < 1.29 is 0 Å². The highest BCUT2D eigenvalue weighted by Gasteiger charge is 2.46. The third-order valence-corrected chi connectivity index (χ3v) is 7.76. The summed E-state index contributed by atoms with van der Waals surface area (Å²) in [5.74, 6) is 0. The van der Waals surface area contributed by atoms with Crippen molar-refractivity contribution in [2.75, 3.05) is 0 Å². The van der Waals surface area contributed by atoms with Crippen molar-refractivity contribution in [1.82, 2.24) is 0 Å². The van der Waals surface area contributed by atoms with E-state index in [1.807, 2.05) is 6.08 Å². The Kier molecular flexibility index (Phi) is 5.94. The highest BCUT2D eigenvalue weighted by Crippen LogP contribution is 2.57. The van der Waals surface area contributed by atoms with Crippen LogP contribution in [0.4, 0.5) is 0 Å². The van der Waals surface area contributed by atoms with Crippen LogP contribution < -0.4 is 0 Å². The third kappa shape index (κ3) is 3.77. The van der Waals surface area contributed by atoms with Gasteiger partial charge in [0.05, 0.1) is 5.41 Å². The second kappa shape index (κ2) is 9.56. The van der Waals surface area contributed by atoms with E-state index in [9.17, 15) is 0 Å². The van der Waals surface area contributed by atoms with Gasteiger partial charge in [0.25, 0.3) is 0 Å². The summed E-state index contributed by atoms with van der Waals surface area (Å²) in [6, 6.07) is 37.3. The quantitative estimate of drug-likeness (QED) is 0.244. The molecule has 0 amide bonds. The van der Waals surface area contributed by atoms with Gasteiger partial charge in [-0.15, -0.1) is 0 Å². The topological polar surface area (TPSA) is 0 Å². The predicted molar refractivity (Wildman–Crippen MR) is 158 cm³/mol. The lowest BCUT2D eigenvalue weighted by Gasteiger charge is -2.35. The second-order valence-electron chi connectivity index (χ2n) is 9.78. The van der Waals surface area contributed by atoms with E-state index in [1.54, 1.807) is 0 Å². The minimum absolute atomic E-state index is 0.492. The van der Waals surface area contributed by atoms with Gasteiger partial charge in [0, 0.05) is 0 Å². The van der Waals surface area contributed by atoms with Crippen molar-refractivity contribution in [1.29, 1.82) is 0 Å². The van der Waals surface area contributed by atoms with Crippen molar-refractivity contribution >= 4 is 0 Å². The lowest BCUT2D eigenvalue weighted by Crippen LogP contribution is -2.29. The van der Waals surface area contributed by atoms with Gasteiger partial charge in [0.2, 0.25) is 0 Å². The molecule has 2 aliphatic rings. The average Bonchev–Trinajstić information content (AvgIpc) is 3.28. The van der Waals surface area contributed by atoms with Crippen molar-refractivity contribution in [3.8, 4) is 22.3 Å². The third-order valence-electron chi connectivity index (χ3n) is 7.76. The highest BCUT2D eigenvalue weighted by atomic mass is 14.5. The summed E-state index contributed by atoms with van der Waals surface area (Å²) in [5.41, 5.74) is 11.8. The smallest absolute Gasteiger partial charge is 0.0713 e. The first-order chi connectivity index (χ1) is 18.2. The molecule has 0 saturated carbocycles. The molecule has 0 aromatic heterocycles. The van der Waals surface area contributed by atoms with E-state index >= 15 is 0 Å². The van der Waals surface area contributed by atoms with Gasteiger partial charge in [0.1, 0.15) is 0 Å². The number of hydrogen-bond donors (Lipinski definition) is 0. The maximum Gasteiger partial charge on any atom is 0.0713 e. The van der Waals surface area contributed by atoms with Crippen molar-refractivity contribution in [3.05, 3.63) is 180 Å². The van der Waals surface area contributed by atoms with Crippen LogP contribution in [0.5, 0.6) is 0 Å². The van der Waals surface area contributed by atoms with Crippen LogP contribution >= 0.6 is 0 Å². The van der Waals surface area contributed by atoms with Crippen LogP contribution in [0.1, 0.15) is 29.5 Å². The van der Waals surface area contributed by atoms with E-state index in [4.69, 9.17) is 0 Å². The molecule has 37 heavy (non-hydrogen) atoms. The summed E-state index contributed by atoms with van der Waals surface area (Å²) in [5, 5.41) is 0. The van der Waals surface area contributed by atoms with Gasteiger partial charge in [-0.1, -0.05) is 141 Å². The van der Waals surface area contributed by atoms with Gasteiger partial charge < -0.3 is 0 Å².